The highest BCUT2D eigenvalue weighted by Crippen LogP contribution is 2.30. The van der Waals surface area contributed by atoms with Crippen molar-refractivity contribution in [1.82, 2.24) is 0 Å². The third-order valence-corrected chi connectivity index (χ3v) is 3.47. The number of hydrogen-bond donors (Lipinski definition) is 1. The molecule has 0 bridgehead atoms. The van der Waals surface area contributed by atoms with Crippen LogP contribution in [0.15, 0.2) is 18.2 Å². The molecule has 0 radical (unpaired) electrons. The molecule has 3 rings (SSSR count). The Labute approximate surface area is 112 Å². The number of Topliss-reactive ketones (excluding diaryl/α,β-unsaturated/α-hetero) is 1. The summed E-state index contributed by atoms with van der Waals surface area (Å²) in [7, 11) is 0. The summed E-state index contributed by atoms with van der Waals surface area (Å²) < 4.78 is 16.2. The molecule has 0 saturated carbocycles. The Kier molecular flexibility index (Phi) is 3.66. The summed E-state index contributed by atoms with van der Waals surface area (Å²) >= 11 is 0. The van der Waals surface area contributed by atoms with Crippen molar-refractivity contribution in [3.05, 3.63) is 23.8 Å². The number of benzene rings is 1. The summed E-state index contributed by atoms with van der Waals surface area (Å²) in [4.78, 5) is 13.5. The van der Waals surface area contributed by atoms with Gasteiger partial charge in [0.2, 0.25) is 5.78 Å². The molecule has 2 heterocycles. The number of fused-ring (bicyclic) bond motifs is 1. The Morgan fingerprint density at radius 3 is 2.58 bits per heavy atom. The van der Waals surface area contributed by atoms with Gasteiger partial charge in [0.15, 0.2) is 11.5 Å². The Hall–Kier alpha value is -1.59. The average Bonchev–Trinajstić information content (AvgIpc) is 2.48. The summed E-state index contributed by atoms with van der Waals surface area (Å²) in [5, 5.41) is 0. The second-order valence-corrected chi connectivity index (χ2v) is 4.82. The minimum atomic E-state index is 0.147. The Morgan fingerprint density at radius 1 is 1.05 bits per heavy atom. The fourth-order valence-corrected chi connectivity index (χ4v) is 2.38. The van der Waals surface area contributed by atoms with Crippen LogP contribution < -0.4 is 14.4 Å². The van der Waals surface area contributed by atoms with Crippen LogP contribution in [-0.2, 0) is 4.74 Å². The minimum absolute atomic E-state index is 0.147. The quantitative estimate of drug-likeness (QED) is 0.752. The van der Waals surface area contributed by atoms with E-state index in [4.69, 9.17) is 14.2 Å². The van der Waals surface area contributed by atoms with Crippen molar-refractivity contribution in [1.29, 1.82) is 0 Å². The number of morpholine rings is 1. The smallest absolute Gasteiger partial charge is 0.217 e. The van der Waals surface area contributed by atoms with Crippen LogP contribution in [0.3, 0.4) is 0 Å². The normalized spacial score (nSPS) is 19.2. The predicted molar refractivity (Wildman–Crippen MR) is 68.1 cm³/mol. The van der Waals surface area contributed by atoms with Crippen LogP contribution in [-0.4, -0.2) is 51.8 Å². The van der Waals surface area contributed by atoms with E-state index in [-0.39, 0.29) is 5.78 Å². The van der Waals surface area contributed by atoms with Crippen LogP contribution >= 0.6 is 0 Å². The van der Waals surface area contributed by atoms with Crippen LogP contribution in [0.5, 0.6) is 11.5 Å². The maximum atomic E-state index is 12.2. The lowest BCUT2D eigenvalue weighted by Crippen LogP contribution is -3.14. The molecule has 2 aliphatic rings. The first kappa shape index (κ1) is 12.4. The second-order valence-electron chi connectivity index (χ2n) is 4.82. The molecule has 0 aromatic heterocycles. The highest BCUT2D eigenvalue weighted by molar-refractivity contribution is 5.97. The van der Waals surface area contributed by atoms with Crippen molar-refractivity contribution in [2.75, 3.05) is 46.1 Å². The summed E-state index contributed by atoms with van der Waals surface area (Å²) in [6, 6.07) is 5.42. The summed E-state index contributed by atoms with van der Waals surface area (Å²) in [5.74, 6) is 1.55. The van der Waals surface area contributed by atoms with Crippen molar-refractivity contribution in [3.63, 3.8) is 0 Å². The third kappa shape index (κ3) is 2.88. The molecule has 2 aliphatic heterocycles. The molecule has 0 aliphatic carbocycles. The molecule has 0 atom stereocenters. The van der Waals surface area contributed by atoms with E-state index in [1.807, 2.05) is 12.1 Å². The average molecular weight is 264 g/mol. The van der Waals surface area contributed by atoms with E-state index >= 15 is 0 Å². The van der Waals surface area contributed by atoms with Gasteiger partial charge in [-0.3, -0.25) is 4.79 Å². The molecule has 1 N–H and O–H groups in total. The molecule has 1 fully saturated rings. The Balaban J connectivity index is 1.69. The van der Waals surface area contributed by atoms with E-state index in [0.717, 1.165) is 32.1 Å². The molecule has 0 unspecified atom stereocenters. The molecule has 5 heteroatoms. The molecule has 102 valence electrons. The van der Waals surface area contributed by atoms with Crippen LogP contribution in [0.2, 0.25) is 0 Å². The second kappa shape index (κ2) is 5.59. The first-order valence-corrected chi connectivity index (χ1v) is 6.67. The molecule has 1 saturated heterocycles. The summed E-state index contributed by atoms with van der Waals surface area (Å²) in [6.07, 6.45) is 0. The zero-order valence-corrected chi connectivity index (χ0v) is 10.8. The number of ketones is 1. The van der Waals surface area contributed by atoms with Crippen molar-refractivity contribution >= 4 is 5.78 Å². The van der Waals surface area contributed by atoms with Crippen molar-refractivity contribution in [3.8, 4) is 11.5 Å². The van der Waals surface area contributed by atoms with Gasteiger partial charge in [0.1, 0.15) is 32.8 Å². The third-order valence-electron chi connectivity index (χ3n) is 3.47. The van der Waals surface area contributed by atoms with Gasteiger partial charge in [-0.1, -0.05) is 0 Å². The minimum Gasteiger partial charge on any atom is -0.486 e. The van der Waals surface area contributed by atoms with E-state index < -0.39 is 0 Å². The highest BCUT2D eigenvalue weighted by atomic mass is 16.6. The van der Waals surface area contributed by atoms with Crippen LogP contribution in [0.1, 0.15) is 10.4 Å². The summed E-state index contributed by atoms with van der Waals surface area (Å²) in [5.41, 5.74) is 0.697. The van der Waals surface area contributed by atoms with Gasteiger partial charge in [0.05, 0.1) is 13.2 Å². The molecule has 0 amide bonds. The van der Waals surface area contributed by atoms with Gasteiger partial charge in [0.25, 0.3) is 0 Å². The lowest BCUT2D eigenvalue weighted by Gasteiger charge is -2.23. The maximum absolute atomic E-state index is 12.2. The first-order valence-electron chi connectivity index (χ1n) is 6.67. The first-order chi connectivity index (χ1) is 9.33. The fourth-order valence-electron chi connectivity index (χ4n) is 2.38. The number of nitrogens with one attached hydrogen (secondary N) is 1. The number of carbonyl (C=O) groups is 1. The molecular weight excluding hydrogens is 246 g/mol. The van der Waals surface area contributed by atoms with Crippen LogP contribution in [0, 0.1) is 0 Å². The Bertz CT molecular complexity index is 469. The van der Waals surface area contributed by atoms with E-state index in [0.29, 0.717) is 31.1 Å². The molecule has 0 spiro atoms. The number of rotatable bonds is 3. The van der Waals surface area contributed by atoms with Gasteiger partial charge in [-0.15, -0.1) is 0 Å². The monoisotopic (exact) mass is 264 g/mol. The van der Waals surface area contributed by atoms with Gasteiger partial charge in [-0.2, -0.15) is 0 Å². The van der Waals surface area contributed by atoms with Gasteiger partial charge >= 0.3 is 0 Å². The molecular formula is C14H18NO4+. The van der Waals surface area contributed by atoms with Crippen molar-refractivity contribution in [2.24, 2.45) is 0 Å². The molecule has 19 heavy (non-hydrogen) atoms. The van der Waals surface area contributed by atoms with E-state index in [2.05, 4.69) is 0 Å². The number of ether oxygens (including phenoxy) is 3. The predicted octanol–water partition coefficient (Wildman–Crippen LogP) is -0.444. The lowest BCUT2D eigenvalue weighted by atomic mass is 10.1. The number of carbonyl (C=O) groups excluding carboxylic acids is 1. The lowest BCUT2D eigenvalue weighted by molar-refractivity contribution is -0.899. The van der Waals surface area contributed by atoms with E-state index in [1.54, 1.807) is 6.07 Å². The molecule has 1 aromatic rings. The Morgan fingerprint density at radius 2 is 1.79 bits per heavy atom. The molecule has 5 nitrogen and oxygen atoms in total. The SMILES string of the molecule is O=C(C[NH+]1CCOCC1)c1ccc2c(c1)OCCO2. The van der Waals surface area contributed by atoms with E-state index in [9.17, 15) is 4.79 Å². The number of quaternary nitrogens is 1. The van der Waals surface area contributed by atoms with Crippen LogP contribution in [0.4, 0.5) is 0 Å². The van der Waals surface area contributed by atoms with Gasteiger partial charge in [0, 0.05) is 5.56 Å². The topological polar surface area (TPSA) is 49.2 Å². The largest absolute Gasteiger partial charge is 0.486 e. The highest BCUT2D eigenvalue weighted by Gasteiger charge is 2.20. The van der Waals surface area contributed by atoms with Gasteiger partial charge in [-0.25, -0.2) is 0 Å². The van der Waals surface area contributed by atoms with E-state index in [1.165, 1.54) is 4.90 Å². The van der Waals surface area contributed by atoms with Crippen molar-refractivity contribution in [2.45, 2.75) is 0 Å². The maximum Gasteiger partial charge on any atom is 0.217 e. The molecule has 1 aromatic carbocycles. The summed E-state index contributed by atoms with van der Waals surface area (Å²) in [6.45, 7) is 4.90. The standard InChI is InChI=1S/C14H17NO4/c16-12(10-15-3-5-17-6-4-15)11-1-2-13-14(9-11)19-8-7-18-13/h1-2,9H,3-8,10H2/p+1. The fraction of sp³-hybridized carbons (Fsp3) is 0.500. The number of hydrogen-bond acceptors (Lipinski definition) is 4. The van der Waals surface area contributed by atoms with Crippen LogP contribution in [0.25, 0.3) is 0 Å². The zero-order chi connectivity index (χ0) is 13.1. The van der Waals surface area contributed by atoms with Crippen molar-refractivity contribution < 1.29 is 23.9 Å². The van der Waals surface area contributed by atoms with Gasteiger partial charge < -0.3 is 19.1 Å². The van der Waals surface area contributed by atoms with Gasteiger partial charge in [-0.05, 0) is 18.2 Å². The zero-order valence-electron chi connectivity index (χ0n) is 10.8.